The van der Waals surface area contributed by atoms with Crippen LogP contribution in [-0.2, 0) is 4.79 Å². The number of rotatable bonds is 3. The van der Waals surface area contributed by atoms with Crippen LogP contribution in [0.2, 0.25) is 0 Å². The van der Waals surface area contributed by atoms with E-state index in [4.69, 9.17) is 0 Å². The fourth-order valence-corrected chi connectivity index (χ4v) is 1.39. The molecule has 0 bridgehead atoms. The fourth-order valence-electron chi connectivity index (χ4n) is 1.39. The summed E-state index contributed by atoms with van der Waals surface area (Å²) in [5.74, 6) is -6.58. The molecule has 0 aromatic heterocycles. The van der Waals surface area contributed by atoms with E-state index in [-0.39, 0.29) is 0 Å². The van der Waals surface area contributed by atoms with E-state index in [1.54, 1.807) is 0 Å². The first-order valence-electron chi connectivity index (χ1n) is 5.11. The molecule has 21 heavy (non-hydrogen) atoms. The molecule has 1 aromatic carbocycles. The Morgan fingerprint density at radius 3 is 2.10 bits per heavy atom. The summed E-state index contributed by atoms with van der Waals surface area (Å²) in [7, 11) is 0. The first-order valence-corrected chi connectivity index (χ1v) is 5.11. The molecule has 0 aliphatic carbocycles. The van der Waals surface area contributed by atoms with Crippen LogP contribution in [0.3, 0.4) is 0 Å². The van der Waals surface area contributed by atoms with Crippen molar-refractivity contribution in [3.05, 3.63) is 34.4 Å². The first kappa shape index (κ1) is 16.7. The summed E-state index contributed by atoms with van der Waals surface area (Å²) < 4.78 is 73.7. The quantitative estimate of drug-likeness (QED) is 0.528. The molecule has 0 aliphatic heterocycles. The number of carbonyl (C=O) groups is 1. The number of carbonyl (C=O) groups excluding carboxylic acids is 1. The lowest BCUT2D eigenvalue weighted by molar-refractivity contribution is -0.384. The van der Waals surface area contributed by atoms with Crippen molar-refractivity contribution in [2.75, 3.05) is 5.32 Å². The summed E-state index contributed by atoms with van der Waals surface area (Å²) in [5, 5.41) is 11.8. The zero-order chi connectivity index (χ0) is 16.4. The van der Waals surface area contributed by atoms with Crippen molar-refractivity contribution in [2.45, 2.75) is 12.4 Å². The van der Waals surface area contributed by atoms with Crippen molar-refractivity contribution in [2.24, 2.45) is 5.92 Å². The summed E-state index contributed by atoms with van der Waals surface area (Å²) in [6, 6.07) is 3.53. The van der Waals surface area contributed by atoms with Crippen LogP contribution in [0.25, 0.3) is 0 Å². The Kier molecular flexibility index (Phi) is 4.44. The topological polar surface area (TPSA) is 72.2 Å². The van der Waals surface area contributed by atoms with E-state index in [2.05, 4.69) is 0 Å². The average Bonchev–Trinajstić information content (AvgIpc) is 2.24. The SMILES string of the molecule is O=C(Nc1cccc([N+](=O)[O-])c1)C(C(F)(F)F)C(F)(F)F. The molecule has 0 spiro atoms. The third-order valence-electron chi connectivity index (χ3n) is 2.24. The summed E-state index contributed by atoms with van der Waals surface area (Å²) in [5.41, 5.74) is -1.14. The number of hydrogen-bond acceptors (Lipinski definition) is 3. The molecule has 1 amide bonds. The van der Waals surface area contributed by atoms with Crippen LogP contribution in [0.15, 0.2) is 24.3 Å². The van der Waals surface area contributed by atoms with Crippen LogP contribution in [0.5, 0.6) is 0 Å². The van der Waals surface area contributed by atoms with Crippen molar-refractivity contribution < 1.29 is 36.1 Å². The van der Waals surface area contributed by atoms with Crippen molar-refractivity contribution >= 4 is 17.3 Å². The van der Waals surface area contributed by atoms with Gasteiger partial charge in [0.15, 0.2) is 0 Å². The lowest BCUT2D eigenvalue weighted by Crippen LogP contribution is -2.45. The van der Waals surface area contributed by atoms with Crippen LogP contribution < -0.4 is 5.32 Å². The second kappa shape index (κ2) is 5.58. The molecule has 0 fully saturated rings. The Morgan fingerprint density at radius 1 is 1.14 bits per heavy atom. The van der Waals surface area contributed by atoms with E-state index in [0.29, 0.717) is 6.07 Å². The smallest absolute Gasteiger partial charge is 0.325 e. The molecule has 0 heterocycles. The largest absolute Gasteiger partial charge is 0.409 e. The zero-order valence-electron chi connectivity index (χ0n) is 9.83. The van der Waals surface area contributed by atoms with Gasteiger partial charge in [-0.25, -0.2) is 0 Å². The second-order valence-corrected chi connectivity index (χ2v) is 3.81. The summed E-state index contributed by atoms with van der Waals surface area (Å²) >= 11 is 0. The van der Waals surface area contributed by atoms with E-state index in [1.807, 2.05) is 0 Å². The molecule has 1 N–H and O–H groups in total. The minimum absolute atomic E-state index is 0.548. The van der Waals surface area contributed by atoms with E-state index < -0.39 is 40.5 Å². The number of nitrogens with zero attached hydrogens (tertiary/aromatic N) is 1. The van der Waals surface area contributed by atoms with Crippen molar-refractivity contribution in [1.29, 1.82) is 0 Å². The van der Waals surface area contributed by atoms with Gasteiger partial charge in [0.1, 0.15) is 0 Å². The van der Waals surface area contributed by atoms with Gasteiger partial charge in [0.05, 0.1) is 4.92 Å². The number of nitro groups is 1. The second-order valence-electron chi connectivity index (χ2n) is 3.81. The molecule has 0 saturated carbocycles. The van der Waals surface area contributed by atoms with Gasteiger partial charge in [-0.2, -0.15) is 26.3 Å². The molecule has 0 saturated heterocycles. The van der Waals surface area contributed by atoms with Crippen molar-refractivity contribution in [3.8, 4) is 0 Å². The van der Waals surface area contributed by atoms with Crippen molar-refractivity contribution in [3.63, 3.8) is 0 Å². The van der Waals surface area contributed by atoms with Gasteiger partial charge in [-0.15, -0.1) is 0 Å². The standard InChI is InChI=1S/C10H6F6N2O3/c11-9(12,13)7(10(14,15)16)8(19)17-5-2-1-3-6(4-5)18(20)21/h1-4,7H,(H,17,19). The molecule has 0 unspecified atom stereocenters. The molecular formula is C10H6F6N2O3. The van der Waals surface area contributed by atoms with E-state index in [0.717, 1.165) is 18.2 Å². The van der Waals surface area contributed by atoms with Crippen LogP contribution in [0.1, 0.15) is 0 Å². The van der Waals surface area contributed by atoms with Gasteiger partial charge < -0.3 is 5.32 Å². The molecule has 5 nitrogen and oxygen atoms in total. The highest BCUT2D eigenvalue weighted by atomic mass is 19.4. The van der Waals surface area contributed by atoms with E-state index >= 15 is 0 Å². The average molecular weight is 316 g/mol. The summed E-state index contributed by atoms with van der Waals surface area (Å²) in [4.78, 5) is 20.7. The summed E-state index contributed by atoms with van der Waals surface area (Å²) in [6.07, 6.45) is -11.7. The number of hydrogen-bond donors (Lipinski definition) is 1. The molecular weight excluding hydrogens is 310 g/mol. The fraction of sp³-hybridized carbons (Fsp3) is 0.300. The van der Waals surface area contributed by atoms with Gasteiger partial charge in [0, 0.05) is 17.8 Å². The van der Waals surface area contributed by atoms with Crippen LogP contribution in [0.4, 0.5) is 37.7 Å². The summed E-state index contributed by atoms with van der Waals surface area (Å²) in [6.45, 7) is 0. The number of halogens is 6. The molecule has 0 radical (unpaired) electrons. The number of non-ortho nitro benzene ring substituents is 1. The maximum Gasteiger partial charge on any atom is 0.409 e. The molecule has 1 rings (SSSR count). The lowest BCUT2D eigenvalue weighted by atomic mass is 10.1. The Labute approximate surface area is 112 Å². The van der Waals surface area contributed by atoms with Crippen LogP contribution >= 0.6 is 0 Å². The molecule has 0 atom stereocenters. The maximum absolute atomic E-state index is 12.3. The molecule has 116 valence electrons. The van der Waals surface area contributed by atoms with Gasteiger partial charge in [-0.1, -0.05) is 6.07 Å². The van der Waals surface area contributed by atoms with Gasteiger partial charge >= 0.3 is 12.4 Å². The number of amides is 1. The Morgan fingerprint density at radius 2 is 1.67 bits per heavy atom. The van der Waals surface area contributed by atoms with Crippen LogP contribution in [-0.4, -0.2) is 23.2 Å². The maximum atomic E-state index is 12.3. The molecule has 11 heteroatoms. The van der Waals surface area contributed by atoms with E-state index in [1.165, 1.54) is 5.32 Å². The minimum atomic E-state index is -5.83. The monoisotopic (exact) mass is 316 g/mol. The first-order chi connectivity index (χ1) is 9.43. The van der Waals surface area contributed by atoms with Gasteiger partial charge in [0.25, 0.3) is 5.69 Å². The molecule has 1 aromatic rings. The van der Waals surface area contributed by atoms with Crippen molar-refractivity contribution in [1.82, 2.24) is 0 Å². The van der Waals surface area contributed by atoms with Gasteiger partial charge in [-0.3, -0.25) is 14.9 Å². The molecule has 0 aliphatic rings. The highest BCUT2D eigenvalue weighted by molar-refractivity contribution is 5.93. The number of anilines is 1. The lowest BCUT2D eigenvalue weighted by Gasteiger charge is -2.21. The number of nitro benzene ring substituents is 1. The Hall–Kier alpha value is -2.33. The predicted octanol–water partition coefficient (Wildman–Crippen LogP) is 3.27. The minimum Gasteiger partial charge on any atom is -0.325 e. The third kappa shape index (κ3) is 4.33. The van der Waals surface area contributed by atoms with Crippen LogP contribution in [0, 0.1) is 16.0 Å². The highest BCUT2D eigenvalue weighted by Crippen LogP contribution is 2.39. The highest BCUT2D eigenvalue weighted by Gasteiger charge is 2.61. The number of alkyl halides is 6. The van der Waals surface area contributed by atoms with Gasteiger partial charge in [0.2, 0.25) is 11.8 Å². The van der Waals surface area contributed by atoms with E-state index in [9.17, 15) is 41.3 Å². The Bertz CT molecular complexity index is 540. The predicted molar refractivity (Wildman–Crippen MR) is 57.3 cm³/mol. The number of nitrogens with one attached hydrogen (secondary N) is 1. The third-order valence-corrected chi connectivity index (χ3v) is 2.24. The number of benzene rings is 1. The Balaban J connectivity index is 3.03. The van der Waals surface area contributed by atoms with Gasteiger partial charge in [-0.05, 0) is 6.07 Å². The normalized spacial score (nSPS) is 12.3. The zero-order valence-corrected chi connectivity index (χ0v) is 9.83.